The Balaban J connectivity index is 2.52. The molecule has 7 nitrogen and oxygen atoms in total. The van der Waals surface area contributed by atoms with Crippen LogP contribution in [0.5, 0.6) is 5.75 Å². The molecule has 0 radical (unpaired) electrons. The van der Waals surface area contributed by atoms with Gasteiger partial charge in [-0.2, -0.15) is 70.2 Å². The molecule has 2 unspecified atom stereocenters. The van der Waals surface area contributed by atoms with Crippen LogP contribution >= 0.6 is 15.9 Å². The van der Waals surface area contributed by atoms with Crippen LogP contribution in [0.4, 0.5) is 81.6 Å². The lowest BCUT2D eigenvalue weighted by Crippen LogP contribution is -2.67. The molecule has 0 spiro atoms. The third-order valence-electron chi connectivity index (χ3n) is 5.59. The molecule has 0 fully saturated rings. The lowest BCUT2D eigenvalue weighted by Gasteiger charge is -2.40. The number of Topliss-reactive ketones (excluding diaryl/α,β-unsaturated/α-hetero) is 1. The lowest BCUT2D eigenvalue weighted by molar-refractivity contribution is -0.545. The molecule has 2 aromatic rings. The second-order valence-electron chi connectivity index (χ2n) is 9.09. The smallest absolute Gasteiger partial charge is 0.427 e. The first-order valence-electron chi connectivity index (χ1n) is 11.9. The average Bonchev–Trinajstić information content (AvgIpc) is 2.90. The Morgan fingerprint density at radius 2 is 1.23 bits per heavy atom. The summed E-state index contributed by atoms with van der Waals surface area (Å²) >= 11 is 0.955. The number of ketones is 1. The summed E-state index contributed by atoms with van der Waals surface area (Å²) in [5.41, 5.74) is -1.20. The first-order chi connectivity index (χ1) is 21.4. The van der Waals surface area contributed by atoms with Gasteiger partial charge in [-0.1, -0.05) is 6.07 Å². The fourth-order valence-corrected chi connectivity index (χ4v) is 3.45. The minimum Gasteiger partial charge on any atom is -0.427 e. The highest BCUT2D eigenvalue weighted by Crippen LogP contribution is 2.57. The molecule has 2 aromatic carbocycles. The van der Waals surface area contributed by atoms with Crippen molar-refractivity contribution < 1.29 is 94.0 Å². The number of benzene rings is 2. The monoisotopic (exact) mass is 794 g/mol. The van der Waals surface area contributed by atoms with Crippen LogP contribution in [0, 0.1) is 0 Å². The number of hydrogen-bond acceptors (Lipinski definition) is 6. The number of halogens is 17. The highest BCUT2D eigenvalue weighted by Gasteiger charge is 2.85. The van der Waals surface area contributed by atoms with E-state index < -0.39 is 75.8 Å². The normalized spacial score (nSPS) is 16.1. The molecule has 24 heteroatoms. The summed E-state index contributed by atoms with van der Waals surface area (Å²) in [7, 11) is 1.49. The third kappa shape index (κ3) is 8.01. The molecule has 0 aliphatic carbocycles. The number of rotatable bonds is 13. The number of amides is 1. The van der Waals surface area contributed by atoms with E-state index in [-0.39, 0.29) is 11.8 Å². The number of alkyl halides is 17. The van der Waals surface area contributed by atoms with Crippen LogP contribution in [0.1, 0.15) is 27.6 Å². The van der Waals surface area contributed by atoms with E-state index in [1.165, 1.54) is 31.3 Å². The van der Waals surface area contributed by atoms with Gasteiger partial charge in [0.25, 0.3) is 5.91 Å². The van der Waals surface area contributed by atoms with Gasteiger partial charge in [-0.25, -0.2) is 0 Å². The number of nitrogens with one attached hydrogen (secondary N) is 2. The van der Waals surface area contributed by atoms with Crippen molar-refractivity contribution in [2.45, 2.75) is 54.1 Å². The van der Waals surface area contributed by atoms with Crippen LogP contribution in [0.3, 0.4) is 0 Å². The van der Waals surface area contributed by atoms with Gasteiger partial charge in [-0.3, -0.25) is 19.1 Å². The summed E-state index contributed by atoms with van der Waals surface area (Å²) in [6, 6.07) is 7.24. The summed E-state index contributed by atoms with van der Waals surface area (Å²) in [5, 5.41) is 4.94. The Morgan fingerprint density at radius 1 is 0.688 bits per heavy atom. The van der Waals surface area contributed by atoms with Gasteiger partial charge >= 0.3 is 47.2 Å². The maximum atomic E-state index is 14.8. The number of hydrogen-bond donors (Lipinski definition) is 2. The van der Waals surface area contributed by atoms with Gasteiger partial charge in [-0.05, 0) is 59.3 Å². The molecule has 2 rings (SSSR count). The Kier molecular flexibility index (Phi) is 11.1. The maximum absolute atomic E-state index is 14.8. The average molecular weight is 795 g/mol. The van der Waals surface area contributed by atoms with Gasteiger partial charge in [0.05, 0.1) is 5.56 Å². The van der Waals surface area contributed by atoms with E-state index in [2.05, 4.69) is 20.1 Å². The Hall–Kier alpha value is -3.54. The van der Waals surface area contributed by atoms with Gasteiger partial charge in [0, 0.05) is 24.0 Å². The molecule has 2 N–H and O–H groups in total. The van der Waals surface area contributed by atoms with Crippen LogP contribution in [0.2, 0.25) is 0 Å². The second kappa shape index (κ2) is 13.1. The molecule has 0 aliphatic heterocycles. The van der Waals surface area contributed by atoms with E-state index >= 15 is 0 Å². The van der Waals surface area contributed by atoms with Gasteiger partial charge in [0.15, 0.2) is 5.78 Å². The molecule has 48 heavy (non-hydrogen) atoms. The largest absolute Gasteiger partial charge is 0.471 e. The summed E-state index contributed by atoms with van der Waals surface area (Å²) in [6.07, 6.45) is -37.2. The minimum atomic E-state index is -7.92. The van der Waals surface area contributed by atoms with Gasteiger partial charge in [0.2, 0.25) is 0 Å². The van der Waals surface area contributed by atoms with E-state index in [1.807, 2.05) is 0 Å². The Bertz CT molecular complexity index is 1520. The van der Waals surface area contributed by atoms with Gasteiger partial charge in [0.1, 0.15) is 5.75 Å². The lowest BCUT2D eigenvalue weighted by atomic mass is 10.1. The van der Waals surface area contributed by atoms with E-state index in [0.29, 0.717) is 18.7 Å². The van der Waals surface area contributed by atoms with Crippen LogP contribution < -0.4 is 15.4 Å². The highest BCUT2D eigenvalue weighted by molar-refractivity contribution is 9.10. The number of anilines is 2. The second-order valence-corrected chi connectivity index (χ2v) is 10.1. The highest BCUT2D eigenvalue weighted by atomic mass is 79.9. The van der Waals surface area contributed by atoms with Gasteiger partial charge < -0.3 is 15.4 Å². The zero-order valence-electron chi connectivity index (χ0n) is 23.0. The van der Waals surface area contributed by atoms with Crippen molar-refractivity contribution in [3.63, 3.8) is 0 Å². The maximum Gasteiger partial charge on any atom is 0.471 e. The molecule has 0 aromatic heterocycles. The van der Waals surface area contributed by atoms with Crippen LogP contribution in [0.15, 0.2) is 42.5 Å². The van der Waals surface area contributed by atoms with Crippen molar-refractivity contribution in [3.05, 3.63) is 53.6 Å². The van der Waals surface area contributed by atoms with Crippen LogP contribution in [0.25, 0.3) is 0 Å². The predicted octanol–water partition coefficient (Wildman–Crippen LogP) is 8.82. The van der Waals surface area contributed by atoms with Crippen LogP contribution in [-0.2, 0) is 9.47 Å². The minimum absolute atomic E-state index is 0.0642. The summed E-state index contributed by atoms with van der Waals surface area (Å²) in [6.45, 7) is 0.639. The third-order valence-corrected chi connectivity index (χ3v) is 6.22. The zero-order valence-corrected chi connectivity index (χ0v) is 24.6. The van der Waals surface area contributed by atoms with Crippen LogP contribution in [-0.4, -0.2) is 66.0 Å². The Morgan fingerprint density at radius 3 is 1.71 bits per heavy atom. The van der Waals surface area contributed by atoms with Gasteiger partial charge in [-0.15, -0.1) is 0 Å². The van der Waals surface area contributed by atoms with E-state index in [4.69, 9.17) is 0 Å². The molecular weight excluding hydrogens is 780 g/mol. The van der Waals surface area contributed by atoms with E-state index in [0.717, 1.165) is 22.0 Å². The fourth-order valence-electron chi connectivity index (χ4n) is 3.17. The standard InChI is InChI=1S/C24H15BrF16N2O5/c1-10(44)14-7-6-11(16(45)43-13-5-3-4-12(9-13)42-2)8-15(14)46-24(40,41)19(25,29)48-23(38,39)18(28,21(33,34)35)47-22(36,37)17(26,27)20(30,31)32/h3-9,42H,1-2H3,(H,43,45). The van der Waals surface area contributed by atoms with E-state index in [9.17, 15) is 79.8 Å². The number of carbonyl (C=O) groups excluding carboxylic acids is 2. The van der Waals surface area contributed by atoms with E-state index in [1.54, 1.807) is 4.74 Å². The molecule has 0 bridgehead atoms. The molecule has 0 aliphatic rings. The number of carbonyl (C=O) groups is 2. The van der Waals surface area contributed by atoms with Crippen molar-refractivity contribution in [2.75, 3.05) is 17.7 Å². The molecule has 0 heterocycles. The SMILES string of the molecule is CNc1cccc(NC(=O)c2ccc(C(C)=O)c(OC(F)(F)C(F)(Br)OC(F)(F)C(F)(OC(F)(F)C(F)(F)C(F)(F)F)C(F)(F)F)c2)c1. The summed E-state index contributed by atoms with van der Waals surface area (Å²) in [4.78, 5) is 24.5. The topological polar surface area (TPSA) is 85.9 Å². The first kappa shape index (κ1) is 40.6. The van der Waals surface area contributed by atoms with Crippen molar-refractivity contribution in [2.24, 2.45) is 0 Å². The first-order valence-corrected chi connectivity index (χ1v) is 12.7. The summed E-state index contributed by atoms with van der Waals surface area (Å²) < 4.78 is 218. The van der Waals surface area contributed by atoms with Crippen molar-refractivity contribution in [1.29, 1.82) is 0 Å². The zero-order chi connectivity index (χ0) is 37.5. The van der Waals surface area contributed by atoms with Crippen molar-refractivity contribution >= 4 is 39.0 Å². The molecule has 0 saturated carbocycles. The molecule has 2 atom stereocenters. The quantitative estimate of drug-likeness (QED) is 0.120. The van der Waals surface area contributed by atoms with Crippen molar-refractivity contribution in [3.8, 4) is 5.75 Å². The Labute approximate surface area is 264 Å². The number of ether oxygens (including phenoxy) is 3. The molecule has 0 saturated heterocycles. The fraction of sp³-hybridized carbons (Fsp3) is 0.417. The molecular formula is C24H15BrF16N2O5. The summed E-state index contributed by atoms with van der Waals surface area (Å²) in [5.74, 6) is -19.8. The molecule has 1 amide bonds. The molecule has 270 valence electrons. The predicted molar refractivity (Wildman–Crippen MR) is 132 cm³/mol. The van der Waals surface area contributed by atoms with Crippen molar-refractivity contribution in [1.82, 2.24) is 0 Å².